The van der Waals surface area contributed by atoms with Crippen molar-refractivity contribution in [3.8, 4) is 11.5 Å². The molecular formula is C19H15N3O6S. The quantitative estimate of drug-likeness (QED) is 0.456. The van der Waals surface area contributed by atoms with Gasteiger partial charge >= 0.3 is 5.97 Å². The first-order valence-electron chi connectivity index (χ1n) is 8.16. The van der Waals surface area contributed by atoms with Crippen LogP contribution in [-0.2, 0) is 0 Å². The van der Waals surface area contributed by atoms with Crippen LogP contribution in [0, 0.1) is 0 Å². The maximum Gasteiger partial charge on any atom is 0.339 e. The molecule has 148 valence electrons. The lowest BCUT2D eigenvalue weighted by Crippen LogP contribution is -2.14. The van der Waals surface area contributed by atoms with Gasteiger partial charge in [-0.3, -0.25) is 14.9 Å². The highest BCUT2D eigenvalue weighted by Crippen LogP contribution is 2.23. The standard InChI is InChI=1S/C19H15N3O6S/c1-28-12-5-2-10(3-6-12)16(24)22-19-21-14(9-29-19)17(25)20-11-4-7-15(23)13(8-11)18(26)27/h2-9,23H,1H3,(H,20,25)(H,26,27)(H,21,22,24). The Kier molecular flexibility index (Phi) is 5.74. The Hall–Kier alpha value is -3.92. The van der Waals surface area contributed by atoms with Crippen LogP contribution in [0.15, 0.2) is 47.8 Å². The number of phenols is 1. The fourth-order valence-corrected chi connectivity index (χ4v) is 3.01. The topological polar surface area (TPSA) is 138 Å². The molecule has 0 bridgehead atoms. The van der Waals surface area contributed by atoms with Gasteiger partial charge in [-0.2, -0.15) is 0 Å². The molecule has 0 aliphatic rings. The number of carboxylic acids is 1. The first-order valence-corrected chi connectivity index (χ1v) is 9.04. The second-order valence-electron chi connectivity index (χ2n) is 5.71. The van der Waals surface area contributed by atoms with Crippen molar-refractivity contribution in [2.75, 3.05) is 17.7 Å². The molecule has 3 aromatic rings. The molecular weight excluding hydrogens is 398 g/mol. The van der Waals surface area contributed by atoms with Gasteiger partial charge in [0.2, 0.25) is 0 Å². The highest BCUT2D eigenvalue weighted by Gasteiger charge is 2.16. The molecule has 29 heavy (non-hydrogen) atoms. The number of rotatable bonds is 6. The van der Waals surface area contributed by atoms with Crippen LogP contribution in [-0.4, -0.2) is 40.1 Å². The lowest BCUT2D eigenvalue weighted by Gasteiger charge is -2.06. The van der Waals surface area contributed by atoms with E-state index >= 15 is 0 Å². The van der Waals surface area contributed by atoms with Gasteiger partial charge in [0.05, 0.1) is 7.11 Å². The molecule has 10 heteroatoms. The summed E-state index contributed by atoms with van der Waals surface area (Å²) in [6.07, 6.45) is 0. The van der Waals surface area contributed by atoms with E-state index in [0.29, 0.717) is 11.3 Å². The first kappa shape index (κ1) is 19.8. The van der Waals surface area contributed by atoms with E-state index in [0.717, 1.165) is 17.4 Å². The number of benzene rings is 2. The van der Waals surface area contributed by atoms with Crippen LogP contribution < -0.4 is 15.4 Å². The number of thiazole rings is 1. The summed E-state index contributed by atoms with van der Waals surface area (Å²) in [5.74, 6) is -2.09. The molecule has 1 heterocycles. The minimum Gasteiger partial charge on any atom is -0.507 e. The Morgan fingerprint density at radius 3 is 2.41 bits per heavy atom. The summed E-state index contributed by atoms with van der Waals surface area (Å²) in [6, 6.07) is 10.2. The minimum atomic E-state index is -1.32. The summed E-state index contributed by atoms with van der Waals surface area (Å²) in [6.45, 7) is 0. The van der Waals surface area contributed by atoms with Crippen molar-refractivity contribution in [1.82, 2.24) is 4.98 Å². The monoisotopic (exact) mass is 413 g/mol. The average molecular weight is 413 g/mol. The first-order chi connectivity index (χ1) is 13.9. The minimum absolute atomic E-state index is 0.0463. The number of aromatic hydroxyl groups is 1. The average Bonchev–Trinajstić information content (AvgIpc) is 3.18. The fourth-order valence-electron chi connectivity index (χ4n) is 2.33. The Morgan fingerprint density at radius 2 is 1.76 bits per heavy atom. The molecule has 0 spiro atoms. The van der Waals surface area contributed by atoms with Crippen LogP contribution in [0.3, 0.4) is 0 Å². The molecule has 0 fully saturated rings. The second kappa shape index (κ2) is 8.40. The van der Waals surface area contributed by atoms with Gasteiger partial charge < -0.3 is 20.3 Å². The van der Waals surface area contributed by atoms with Gasteiger partial charge in [0, 0.05) is 16.6 Å². The molecule has 2 aromatic carbocycles. The van der Waals surface area contributed by atoms with E-state index < -0.39 is 23.5 Å². The number of hydrogen-bond donors (Lipinski definition) is 4. The van der Waals surface area contributed by atoms with Gasteiger partial charge in [-0.25, -0.2) is 9.78 Å². The molecule has 0 aliphatic heterocycles. The van der Waals surface area contributed by atoms with E-state index in [2.05, 4.69) is 15.6 Å². The van der Waals surface area contributed by atoms with Crippen molar-refractivity contribution in [3.05, 3.63) is 64.7 Å². The number of methoxy groups -OCH3 is 1. The third-order valence-electron chi connectivity index (χ3n) is 3.79. The van der Waals surface area contributed by atoms with Gasteiger partial charge in [-0.05, 0) is 42.5 Å². The zero-order valence-corrected chi connectivity index (χ0v) is 15.8. The Morgan fingerprint density at radius 1 is 1.03 bits per heavy atom. The number of aromatic carboxylic acids is 1. The number of carbonyl (C=O) groups is 3. The van der Waals surface area contributed by atoms with Crippen LogP contribution in [0.25, 0.3) is 0 Å². The van der Waals surface area contributed by atoms with E-state index in [1.54, 1.807) is 24.3 Å². The van der Waals surface area contributed by atoms with Crippen LogP contribution in [0.5, 0.6) is 11.5 Å². The van der Waals surface area contributed by atoms with E-state index in [-0.39, 0.29) is 22.1 Å². The zero-order valence-electron chi connectivity index (χ0n) is 15.0. The van der Waals surface area contributed by atoms with E-state index in [1.165, 1.54) is 24.6 Å². The SMILES string of the molecule is COc1ccc(C(=O)Nc2nc(C(=O)Nc3ccc(O)c(C(=O)O)c3)cs2)cc1. The number of carbonyl (C=O) groups excluding carboxylic acids is 2. The number of nitrogens with one attached hydrogen (secondary N) is 2. The largest absolute Gasteiger partial charge is 0.507 e. The highest BCUT2D eigenvalue weighted by atomic mass is 32.1. The number of carboxylic acid groups (broad SMARTS) is 1. The van der Waals surface area contributed by atoms with Gasteiger partial charge in [-0.15, -0.1) is 11.3 Å². The number of amides is 2. The summed E-state index contributed by atoms with van der Waals surface area (Å²) in [7, 11) is 1.53. The molecule has 0 unspecified atom stereocenters. The van der Waals surface area contributed by atoms with Crippen LogP contribution >= 0.6 is 11.3 Å². The van der Waals surface area contributed by atoms with Crippen LogP contribution in [0.1, 0.15) is 31.2 Å². The molecule has 0 saturated carbocycles. The van der Waals surface area contributed by atoms with Crippen molar-refractivity contribution in [3.63, 3.8) is 0 Å². The lowest BCUT2D eigenvalue weighted by atomic mass is 10.2. The number of ether oxygens (including phenoxy) is 1. The highest BCUT2D eigenvalue weighted by molar-refractivity contribution is 7.14. The molecule has 4 N–H and O–H groups in total. The van der Waals surface area contributed by atoms with E-state index in [4.69, 9.17) is 9.84 Å². The van der Waals surface area contributed by atoms with Crippen molar-refractivity contribution >= 4 is 39.9 Å². The van der Waals surface area contributed by atoms with Gasteiger partial charge in [0.25, 0.3) is 11.8 Å². The molecule has 0 aliphatic carbocycles. The molecule has 2 amide bonds. The van der Waals surface area contributed by atoms with Gasteiger partial charge in [0.15, 0.2) is 5.13 Å². The number of anilines is 2. The number of aromatic nitrogens is 1. The second-order valence-corrected chi connectivity index (χ2v) is 6.57. The summed E-state index contributed by atoms with van der Waals surface area (Å²) in [4.78, 5) is 39.7. The number of hydrogen-bond acceptors (Lipinski definition) is 7. The van der Waals surface area contributed by atoms with Crippen molar-refractivity contribution < 1.29 is 29.3 Å². The van der Waals surface area contributed by atoms with Gasteiger partial charge in [-0.1, -0.05) is 0 Å². The Labute approximate surface area is 168 Å². The third kappa shape index (κ3) is 4.68. The summed E-state index contributed by atoms with van der Waals surface area (Å²) < 4.78 is 5.04. The molecule has 0 saturated heterocycles. The third-order valence-corrected chi connectivity index (χ3v) is 4.55. The fraction of sp³-hybridized carbons (Fsp3) is 0.0526. The molecule has 3 rings (SSSR count). The zero-order chi connectivity index (χ0) is 21.0. The molecule has 0 atom stereocenters. The van der Waals surface area contributed by atoms with Crippen LogP contribution in [0.4, 0.5) is 10.8 Å². The predicted octanol–water partition coefficient (Wildman–Crippen LogP) is 3.06. The molecule has 0 radical (unpaired) electrons. The Balaban J connectivity index is 1.67. The number of nitrogens with zero attached hydrogens (tertiary/aromatic N) is 1. The predicted molar refractivity (Wildman–Crippen MR) is 106 cm³/mol. The van der Waals surface area contributed by atoms with Crippen LogP contribution in [0.2, 0.25) is 0 Å². The van der Waals surface area contributed by atoms with Gasteiger partial charge in [0.1, 0.15) is 22.8 Å². The lowest BCUT2D eigenvalue weighted by molar-refractivity contribution is 0.0693. The van der Waals surface area contributed by atoms with E-state index in [9.17, 15) is 19.5 Å². The Bertz CT molecular complexity index is 1080. The normalized spacial score (nSPS) is 10.2. The van der Waals surface area contributed by atoms with E-state index in [1.807, 2.05) is 0 Å². The maximum atomic E-state index is 12.3. The van der Waals surface area contributed by atoms with Crippen molar-refractivity contribution in [1.29, 1.82) is 0 Å². The molecule has 1 aromatic heterocycles. The van der Waals surface area contributed by atoms with Crippen molar-refractivity contribution in [2.45, 2.75) is 0 Å². The maximum absolute atomic E-state index is 12.3. The summed E-state index contributed by atoms with van der Waals surface area (Å²) in [5, 5.41) is 25.3. The summed E-state index contributed by atoms with van der Waals surface area (Å²) >= 11 is 1.07. The van der Waals surface area contributed by atoms with Crippen molar-refractivity contribution in [2.24, 2.45) is 0 Å². The molecule has 9 nitrogen and oxygen atoms in total. The summed E-state index contributed by atoms with van der Waals surface area (Å²) in [5.41, 5.74) is 0.290. The smallest absolute Gasteiger partial charge is 0.339 e.